The lowest BCUT2D eigenvalue weighted by Crippen LogP contribution is -1.99. The van der Waals surface area contributed by atoms with Crippen molar-refractivity contribution >= 4 is 43.5 Å². The van der Waals surface area contributed by atoms with E-state index in [0.29, 0.717) is 16.2 Å². The van der Waals surface area contributed by atoms with Crippen molar-refractivity contribution in [2.45, 2.75) is 5.38 Å². The first-order chi connectivity index (χ1) is 9.08. The van der Waals surface area contributed by atoms with Gasteiger partial charge >= 0.3 is 0 Å². The van der Waals surface area contributed by atoms with Gasteiger partial charge in [-0.1, -0.05) is 0 Å². The number of methoxy groups -OCH3 is 2. The van der Waals surface area contributed by atoms with E-state index in [4.69, 9.17) is 25.5 Å². The quantitative estimate of drug-likeness (QED) is 0.654. The highest BCUT2D eigenvalue weighted by molar-refractivity contribution is 9.10. The first-order valence-corrected chi connectivity index (χ1v) is 7.39. The molecule has 0 aliphatic rings. The Bertz CT molecular complexity index is 583. The van der Waals surface area contributed by atoms with Crippen molar-refractivity contribution in [1.82, 2.24) is 0 Å². The van der Waals surface area contributed by atoms with Crippen molar-refractivity contribution < 1.29 is 13.9 Å². The van der Waals surface area contributed by atoms with Crippen LogP contribution >= 0.6 is 43.5 Å². The molecule has 102 valence electrons. The molecular weight excluding hydrogens is 399 g/mol. The monoisotopic (exact) mass is 408 g/mol. The average molecular weight is 410 g/mol. The maximum atomic E-state index is 6.50. The SMILES string of the molecule is COc1cc(C(Cl)c2ccoc2Br)c(OC)cc1Br. The van der Waals surface area contributed by atoms with Crippen molar-refractivity contribution in [3.8, 4) is 11.5 Å². The molecule has 0 aliphatic carbocycles. The Labute approximate surface area is 133 Å². The summed E-state index contributed by atoms with van der Waals surface area (Å²) in [5, 5.41) is -0.398. The number of hydrogen-bond acceptors (Lipinski definition) is 3. The van der Waals surface area contributed by atoms with E-state index in [1.807, 2.05) is 18.2 Å². The fourth-order valence-electron chi connectivity index (χ4n) is 1.73. The van der Waals surface area contributed by atoms with Gasteiger partial charge in [0.15, 0.2) is 4.67 Å². The van der Waals surface area contributed by atoms with Gasteiger partial charge in [0.1, 0.15) is 11.5 Å². The second-order valence-corrected chi connectivity index (χ2v) is 5.75. The lowest BCUT2D eigenvalue weighted by atomic mass is 10.1. The molecule has 0 radical (unpaired) electrons. The molecule has 3 nitrogen and oxygen atoms in total. The molecule has 1 atom stereocenters. The van der Waals surface area contributed by atoms with Crippen LogP contribution in [0.15, 0.2) is 38.0 Å². The topological polar surface area (TPSA) is 31.6 Å². The molecule has 1 aromatic carbocycles. The zero-order valence-electron chi connectivity index (χ0n) is 10.2. The summed E-state index contributed by atoms with van der Waals surface area (Å²) in [6, 6.07) is 5.49. The van der Waals surface area contributed by atoms with Gasteiger partial charge in [-0.05, 0) is 50.1 Å². The van der Waals surface area contributed by atoms with Crippen LogP contribution in [0.3, 0.4) is 0 Å². The number of rotatable bonds is 4. The normalized spacial score (nSPS) is 12.3. The summed E-state index contributed by atoms with van der Waals surface area (Å²) in [7, 11) is 3.21. The van der Waals surface area contributed by atoms with Crippen molar-refractivity contribution in [3.63, 3.8) is 0 Å². The molecular formula is C13H11Br2ClO3. The first-order valence-electron chi connectivity index (χ1n) is 5.36. The van der Waals surface area contributed by atoms with Gasteiger partial charge in [0.25, 0.3) is 0 Å². The van der Waals surface area contributed by atoms with Crippen LogP contribution < -0.4 is 9.47 Å². The highest BCUT2D eigenvalue weighted by Crippen LogP contribution is 2.42. The second kappa shape index (κ2) is 6.20. The van der Waals surface area contributed by atoms with Gasteiger partial charge in [-0.3, -0.25) is 0 Å². The first kappa shape index (κ1) is 14.8. The van der Waals surface area contributed by atoms with E-state index in [1.54, 1.807) is 20.5 Å². The van der Waals surface area contributed by atoms with Gasteiger partial charge in [-0.25, -0.2) is 0 Å². The largest absolute Gasteiger partial charge is 0.496 e. The molecule has 6 heteroatoms. The molecule has 0 saturated carbocycles. The number of benzene rings is 1. The molecule has 0 saturated heterocycles. The summed E-state index contributed by atoms with van der Waals surface area (Å²) in [5.74, 6) is 1.38. The summed E-state index contributed by atoms with van der Waals surface area (Å²) in [6.45, 7) is 0. The molecule has 2 rings (SSSR count). The molecule has 0 aliphatic heterocycles. The lowest BCUT2D eigenvalue weighted by molar-refractivity contribution is 0.397. The Kier molecular flexibility index (Phi) is 4.81. The fraction of sp³-hybridized carbons (Fsp3) is 0.231. The zero-order valence-corrected chi connectivity index (χ0v) is 14.2. The number of ether oxygens (including phenoxy) is 2. The van der Waals surface area contributed by atoms with E-state index >= 15 is 0 Å². The molecule has 0 N–H and O–H groups in total. The van der Waals surface area contributed by atoms with Gasteiger partial charge in [0.2, 0.25) is 0 Å². The molecule has 0 fully saturated rings. The minimum absolute atomic E-state index is 0.398. The van der Waals surface area contributed by atoms with Crippen molar-refractivity contribution in [3.05, 3.63) is 44.7 Å². The standard InChI is InChI=1S/C13H11Br2ClO3/c1-17-10-6-9(14)11(18-2)5-8(10)12(16)7-3-4-19-13(7)15/h3-6,12H,1-2H3. The Morgan fingerprint density at radius 2 is 1.79 bits per heavy atom. The number of alkyl halides is 1. The molecule has 0 amide bonds. The minimum Gasteiger partial charge on any atom is -0.496 e. The van der Waals surface area contributed by atoms with Gasteiger partial charge in [-0.2, -0.15) is 0 Å². The third kappa shape index (κ3) is 2.93. The van der Waals surface area contributed by atoms with E-state index < -0.39 is 5.38 Å². The molecule has 1 heterocycles. The lowest BCUT2D eigenvalue weighted by Gasteiger charge is -2.15. The fourth-order valence-corrected chi connectivity index (χ4v) is 3.16. The predicted octanol–water partition coefficient (Wildman–Crippen LogP) is 5.15. The summed E-state index contributed by atoms with van der Waals surface area (Å²) < 4.78 is 17.3. The van der Waals surface area contributed by atoms with Gasteiger partial charge < -0.3 is 13.9 Å². The smallest absolute Gasteiger partial charge is 0.173 e. The Hall–Kier alpha value is -0.650. The van der Waals surface area contributed by atoms with Crippen molar-refractivity contribution in [2.75, 3.05) is 14.2 Å². The van der Waals surface area contributed by atoms with Crippen molar-refractivity contribution in [1.29, 1.82) is 0 Å². The average Bonchev–Trinajstić information content (AvgIpc) is 2.83. The summed E-state index contributed by atoms with van der Waals surface area (Å²) in [5.41, 5.74) is 1.65. The van der Waals surface area contributed by atoms with E-state index in [1.165, 1.54) is 0 Å². The molecule has 0 spiro atoms. The number of halogens is 3. The summed E-state index contributed by atoms with van der Waals surface area (Å²) in [6.07, 6.45) is 1.58. The Balaban J connectivity index is 2.51. The van der Waals surface area contributed by atoms with Crippen LogP contribution in [-0.2, 0) is 0 Å². The van der Waals surface area contributed by atoms with Gasteiger partial charge in [-0.15, -0.1) is 11.6 Å². The van der Waals surface area contributed by atoms with Crippen molar-refractivity contribution in [2.24, 2.45) is 0 Å². The highest BCUT2D eigenvalue weighted by atomic mass is 79.9. The zero-order chi connectivity index (χ0) is 14.0. The van der Waals surface area contributed by atoms with Crippen LogP contribution in [-0.4, -0.2) is 14.2 Å². The van der Waals surface area contributed by atoms with Crippen LogP contribution in [0.1, 0.15) is 16.5 Å². The second-order valence-electron chi connectivity index (χ2n) is 3.74. The van der Waals surface area contributed by atoms with Gasteiger partial charge in [0.05, 0.1) is 30.3 Å². The third-order valence-corrected chi connectivity index (χ3v) is 4.43. The number of hydrogen-bond donors (Lipinski definition) is 0. The maximum Gasteiger partial charge on any atom is 0.173 e. The molecule has 19 heavy (non-hydrogen) atoms. The van der Waals surface area contributed by atoms with E-state index in [-0.39, 0.29) is 0 Å². The van der Waals surface area contributed by atoms with Crippen LogP contribution in [0, 0.1) is 0 Å². The van der Waals surface area contributed by atoms with Crippen LogP contribution in [0.4, 0.5) is 0 Å². The molecule has 2 aromatic rings. The molecule has 1 unspecified atom stereocenters. The minimum atomic E-state index is -0.398. The van der Waals surface area contributed by atoms with Crippen LogP contribution in [0.2, 0.25) is 0 Å². The van der Waals surface area contributed by atoms with E-state index in [9.17, 15) is 0 Å². The Morgan fingerprint density at radius 3 is 2.32 bits per heavy atom. The summed E-state index contributed by atoms with van der Waals surface area (Å²) >= 11 is 13.2. The van der Waals surface area contributed by atoms with E-state index in [0.717, 1.165) is 15.6 Å². The van der Waals surface area contributed by atoms with Gasteiger partial charge in [0, 0.05) is 11.1 Å². The summed E-state index contributed by atoms with van der Waals surface area (Å²) in [4.78, 5) is 0. The Morgan fingerprint density at radius 1 is 1.11 bits per heavy atom. The van der Waals surface area contributed by atoms with Crippen LogP contribution in [0.5, 0.6) is 11.5 Å². The highest BCUT2D eigenvalue weighted by Gasteiger charge is 2.22. The molecule has 0 bridgehead atoms. The van der Waals surface area contributed by atoms with Crippen LogP contribution in [0.25, 0.3) is 0 Å². The number of furan rings is 1. The predicted molar refractivity (Wildman–Crippen MR) is 81.4 cm³/mol. The molecule has 1 aromatic heterocycles. The third-order valence-electron chi connectivity index (χ3n) is 2.70. The maximum absolute atomic E-state index is 6.50. The van der Waals surface area contributed by atoms with E-state index in [2.05, 4.69) is 31.9 Å².